The van der Waals surface area contributed by atoms with Crippen molar-refractivity contribution in [1.82, 2.24) is 0 Å². The molecule has 8 nitrogen and oxygen atoms in total. The van der Waals surface area contributed by atoms with Gasteiger partial charge in [-0.2, -0.15) is 0 Å². The van der Waals surface area contributed by atoms with Crippen molar-refractivity contribution in [3.8, 4) is 0 Å². The molecule has 0 aromatic rings. The first-order chi connectivity index (χ1) is 29.1. The van der Waals surface area contributed by atoms with E-state index in [0.717, 1.165) is 83.5 Å². The van der Waals surface area contributed by atoms with Crippen LogP contribution in [0.1, 0.15) is 187 Å². The van der Waals surface area contributed by atoms with Gasteiger partial charge in [0.15, 0.2) is 0 Å². The number of likely N-dealkylation sites (N-methyl/N-ethyl adjacent to an activating group) is 1. The first-order valence-corrected chi connectivity index (χ1v) is 25.7. The molecule has 0 fully saturated rings. The number of hydrogen-bond acceptors (Lipinski definition) is 6. The van der Waals surface area contributed by atoms with E-state index in [2.05, 4.69) is 86.8 Å². The second-order valence-corrected chi connectivity index (χ2v) is 18.6. The predicted molar refractivity (Wildman–Crippen MR) is 256 cm³/mol. The summed E-state index contributed by atoms with van der Waals surface area (Å²) in [7, 11) is 1.64. The van der Waals surface area contributed by atoms with Gasteiger partial charge in [-0.15, -0.1) is 0 Å². The second-order valence-electron chi connectivity index (χ2n) is 17.1. The number of ether oxygens (including phenoxy) is 2. The lowest BCUT2D eigenvalue weighted by Gasteiger charge is -2.24. The molecule has 0 radical (unpaired) electrons. The highest BCUT2D eigenvalue weighted by molar-refractivity contribution is 7.47. The van der Waals surface area contributed by atoms with Crippen molar-refractivity contribution in [3.05, 3.63) is 72.9 Å². The maximum Gasteiger partial charge on any atom is 0.472 e. The van der Waals surface area contributed by atoms with Crippen LogP contribution in [0, 0.1) is 0 Å². The molecule has 2 atom stereocenters. The van der Waals surface area contributed by atoms with Gasteiger partial charge >= 0.3 is 13.8 Å². The Morgan fingerprint density at radius 3 is 1.47 bits per heavy atom. The summed E-state index contributed by atoms with van der Waals surface area (Å²) in [5.74, 6) is -0.336. The Hall–Kier alpha value is -2.06. The second kappa shape index (κ2) is 43.6. The number of carbonyl (C=O) groups is 1. The standard InChI is InChI=1S/C51H92NO7P/c1-6-8-10-12-14-16-18-20-22-24-25-26-27-28-30-32-34-36-38-40-42-44-51(53)59-50(49-58-60(54,55)57-47-45-52(3,4)5)48-56-46-43-41-39-37-35-33-31-29-23-21-19-17-15-13-11-9-7-2/h8,10,14,16,20,22-23,25-26,28-30,50H,6-7,9,11-13,15,17-19,21,24,27,31-49H2,1-5H3/p+1/b10-8-,16-14-,22-20-,26-25-,29-23-,30-28-. The summed E-state index contributed by atoms with van der Waals surface area (Å²) in [6.45, 7) is 5.46. The smallest absolute Gasteiger partial charge is 0.457 e. The summed E-state index contributed by atoms with van der Waals surface area (Å²) in [6, 6.07) is 0. The summed E-state index contributed by atoms with van der Waals surface area (Å²) < 4.78 is 35.1. The highest BCUT2D eigenvalue weighted by Gasteiger charge is 2.26. The summed E-state index contributed by atoms with van der Waals surface area (Å²) in [4.78, 5) is 23.0. The first kappa shape index (κ1) is 57.9. The number of phosphoric ester groups is 1. The maximum absolute atomic E-state index is 12.7. The summed E-state index contributed by atoms with van der Waals surface area (Å²) in [6.07, 6.45) is 56.5. The van der Waals surface area contributed by atoms with E-state index >= 15 is 0 Å². The minimum Gasteiger partial charge on any atom is -0.457 e. The molecule has 0 heterocycles. The number of nitrogens with zero attached hydrogens (tertiary/aromatic N) is 1. The largest absolute Gasteiger partial charge is 0.472 e. The Labute approximate surface area is 370 Å². The SMILES string of the molecule is CC/C=C\C/C=C\C/C=C\C/C=C\C/C=C\CCCCCCCC(=O)OC(COCCCCCCCC/C=C\CCCCCCCCC)COP(=O)(O)OCC[N+](C)(C)C. The van der Waals surface area contributed by atoms with E-state index in [1.807, 2.05) is 21.1 Å². The molecule has 0 aliphatic carbocycles. The third-order valence-corrected chi connectivity index (χ3v) is 11.0. The van der Waals surface area contributed by atoms with Crippen molar-refractivity contribution in [2.45, 2.75) is 193 Å². The molecule has 9 heteroatoms. The van der Waals surface area contributed by atoms with Crippen LogP contribution in [0.5, 0.6) is 0 Å². The number of rotatable bonds is 44. The zero-order chi connectivity index (χ0) is 44.1. The van der Waals surface area contributed by atoms with Gasteiger partial charge in [-0.3, -0.25) is 13.8 Å². The lowest BCUT2D eigenvalue weighted by atomic mass is 10.1. The van der Waals surface area contributed by atoms with Crippen LogP contribution in [0.3, 0.4) is 0 Å². The van der Waals surface area contributed by atoms with Gasteiger partial charge in [-0.25, -0.2) is 4.57 Å². The molecule has 0 saturated heterocycles. The van der Waals surface area contributed by atoms with Gasteiger partial charge in [0.2, 0.25) is 0 Å². The topological polar surface area (TPSA) is 91.3 Å². The molecular weight excluding hydrogens is 770 g/mol. The van der Waals surface area contributed by atoms with Crippen LogP contribution in [-0.2, 0) is 27.9 Å². The van der Waals surface area contributed by atoms with Gasteiger partial charge in [-0.05, 0) is 83.5 Å². The third kappa shape index (κ3) is 47.0. The number of unbranched alkanes of at least 4 members (excludes halogenated alkanes) is 18. The summed E-state index contributed by atoms with van der Waals surface area (Å²) >= 11 is 0. The van der Waals surface area contributed by atoms with Gasteiger partial charge in [-0.1, -0.05) is 170 Å². The zero-order valence-corrected chi connectivity index (χ0v) is 40.3. The summed E-state index contributed by atoms with van der Waals surface area (Å²) in [5, 5.41) is 0. The van der Waals surface area contributed by atoms with Crippen LogP contribution in [0.2, 0.25) is 0 Å². The van der Waals surface area contributed by atoms with Gasteiger partial charge < -0.3 is 18.9 Å². The molecule has 0 bridgehead atoms. The number of allylic oxidation sites excluding steroid dienone is 12. The number of hydrogen-bond donors (Lipinski definition) is 1. The number of esters is 1. The Morgan fingerprint density at radius 2 is 0.967 bits per heavy atom. The van der Waals surface area contributed by atoms with Gasteiger partial charge in [0.25, 0.3) is 0 Å². The molecule has 0 saturated carbocycles. The molecule has 1 N–H and O–H groups in total. The molecule has 0 aliphatic rings. The van der Waals surface area contributed by atoms with Gasteiger partial charge in [0.05, 0.1) is 34.4 Å². The molecule has 0 amide bonds. The van der Waals surface area contributed by atoms with E-state index in [4.69, 9.17) is 18.5 Å². The minimum atomic E-state index is -4.29. The molecule has 0 spiro atoms. The fraction of sp³-hybridized carbons (Fsp3) is 0.745. The zero-order valence-electron chi connectivity index (χ0n) is 39.4. The monoisotopic (exact) mass is 863 g/mol. The van der Waals surface area contributed by atoms with Crippen LogP contribution in [0.15, 0.2) is 72.9 Å². The lowest BCUT2D eigenvalue weighted by molar-refractivity contribution is -0.870. The quantitative estimate of drug-likeness (QED) is 0.0214. The third-order valence-electron chi connectivity index (χ3n) is 10.0. The van der Waals surface area contributed by atoms with E-state index in [9.17, 15) is 14.3 Å². The van der Waals surface area contributed by atoms with Crippen LogP contribution >= 0.6 is 7.82 Å². The first-order valence-electron chi connectivity index (χ1n) is 24.2. The molecule has 348 valence electrons. The van der Waals surface area contributed by atoms with Crippen LogP contribution in [0.4, 0.5) is 0 Å². The van der Waals surface area contributed by atoms with Crippen LogP contribution in [0.25, 0.3) is 0 Å². The normalized spacial score (nSPS) is 14.3. The Morgan fingerprint density at radius 1 is 0.533 bits per heavy atom. The van der Waals surface area contributed by atoms with Crippen molar-refractivity contribution in [2.24, 2.45) is 0 Å². The van der Waals surface area contributed by atoms with E-state index in [1.165, 1.54) is 83.5 Å². The van der Waals surface area contributed by atoms with Crippen molar-refractivity contribution in [2.75, 3.05) is 54.1 Å². The number of carbonyl (C=O) groups excluding carboxylic acids is 1. The summed E-state index contributed by atoms with van der Waals surface area (Å²) in [5.41, 5.74) is 0. The van der Waals surface area contributed by atoms with Crippen LogP contribution < -0.4 is 0 Å². The molecule has 0 aliphatic heterocycles. The molecule has 0 aromatic heterocycles. The predicted octanol–water partition coefficient (Wildman–Crippen LogP) is 14.7. The minimum absolute atomic E-state index is 0.0799. The fourth-order valence-corrected chi connectivity index (χ4v) is 7.02. The van der Waals surface area contributed by atoms with Crippen LogP contribution in [-0.4, -0.2) is 75.6 Å². The van der Waals surface area contributed by atoms with Crippen molar-refractivity contribution in [1.29, 1.82) is 0 Å². The van der Waals surface area contributed by atoms with Crippen molar-refractivity contribution < 1.29 is 37.3 Å². The van der Waals surface area contributed by atoms with Gasteiger partial charge in [0, 0.05) is 13.0 Å². The molecule has 0 aromatic carbocycles. The Bertz CT molecular complexity index is 1190. The van der Waals surface area contributed by atoms with Crippen molar-refractivity contribution >= 4 is 13.8 Å². The highest BCUT2D eigenvalue weighted by atomic mass is 31.2. The maximum atomic E-state index is 12.7. The van der Waals surface area contributed by atoms with E-state index in [-0.39, 0.29) is 25.8 Å². The highest BCUT2D eigenvalue weighted by Crippen LogP contribution is 2.43. The lowest BCUT2D eigenvalue weighted by Crippen LogP contribution is -2.37. The molecular formula is C51H93NO7P+. The molecule has 60 heavy (non-hydrogen) atoms. The average Bonchev–Trinajstić information content (AvgIpc) is 3.20. The molecule has 2 unspecified atom stereocenters. The van der Waals surface area contributed by atoms with E-state index in [0.29, 0.717) is 24.1 Å². The van der Waals surface area contributed by atoms with E-state index in [1.54, 1.807) is 0 Å². The van der Waals surface area contributed by atoms with Gasteiger partial charge in [0.1, 0.15) is 19.3 Å². The Balaban J connectivity index is 4.26. The number of phosphoric acid groups is 1. The Kier molecular flexibility index (Phi) is 42.1. The van der Waals surface area contributed by atoms with Crippen molar-refractivity contribution in [3.63, 3.8) is 0 Å². The van der Waals surface area contributed by atoms with E-state index < -0.39 is 13.9 Å². The molecule has 0 rings (SSSR count). The fourth-order valence-electron chi connectivity index (χ4n) is 6.28. The average molecular weight is 863 g/mol. The number of quaternary nitrogens is 1.